The summed E-state index contributed by atoms with van der Waals surface area (Å²) in [6.07, 6.45) is 4.02. The minimum absolute atomic E-state index is 0.258. The zero-order valence-corrected chi connectivity index (χ0v) is 12.1. The number of aliphatic hydroxyl groups is 1. The largest absolute Gasteiger partial charge is 0.390 e. The summed E-state index contributed by atoms with van der Waals surface area (Å²) in [6, 6.07) is 5.33. The van der Waals surface area contributed by atoms with E-state index in [1.165, 1.54) is 12.1 Å². The molecule has 0 spiro atoms. The number of benzene rings is 1. The van der Waals surface area contributed by atoms with Gasteiger partial charge in [-0.05, 0) is 56.5 Å². The van der Waals surface area contributed by atoms with Crippen LogP contribution in [-0.4, -0.2) is 23.8 Å². The lowest BCUT2D eigenvalue weighted by molar-refractivity contribution is -0.00247. The van der Waals surface area contributed by atoms with Gasteiger partial charge in [-0.15, -0.1) is 0 Å². The first kappa shape index (κ1) is 14.0. The lowest BCUT2D eigenvalue weighted by Crippen LogP contribution is -2.41. The Kier molecular flexibility index (Phi) is 4.41. The lowest BCUT2D eigenvalue weighted by atomic mass is 9.78. The maximum Gasteiger partial charge on any atom is 0.124 e. The van der Waals surface area contributed by atoms with Gasteiger partial charge in [0, 0.05) is 16.9 Å². The maximum absolute atomic E-state index is 13.3. The zero-order chi connectivity index (χ0) is 13.2. The third kappa shape index (κ3) is 3.53. The van der Waals surface area contributed by atoms with Crippen molar-refractivity contribution in [1.82, 2.24) is 5.32 Å². The van der Waals surface area contributed by atoms with E-state index in [9.17, 15) is 9.50 Å². The zero-order valence-electron chi connectivity index (χ0n) is 10.5. The molecule has 1 aromatic carbocycles. The predicted octanol–water partition coefficient (Wildman–Crippen LogP) is 3.02. The molecule has 18 heavy (non-hydrogen) atoms. The van der Waals surface area contributed by atoms with E-state index in [1.807, 2.05) is 13.1 Å². The van der Waals surface area contributed by atoms with E-state index in [4.69, 9.17) is 0 Å². The van der Waals surface area contributed by atoms with Crippen LogP contribution < -0.4 is 5.32 Å². The molecule has 1 aromatic rings. The maximum atomic E-state index is 13.3. The minimum atomic E-state index is -0.680. The topological polar surface area (TPSA) is 32.3 Å². The van der Waals surface area contributed by atoms with Crippen LogP contribution in [0.3, 0.4) is 0 Å². The Balaban J connectivity index is 2.04. The molecule has 2 rings (SSSR count). The van der Waals surface area contributed by atoms with Crippen LogP contribution >= 0.6 is 15.9 Å². The van der Waals surface area contributed by atoms with Crippen molar-refractivity contribution in [2.45, 2.75) is 43.7 Å². The average molecular weight is 316 g/mol. The monoisotopic (exact) mass is 315 g/mol. The summed E-state index contributed by atoms with van der Waals surface area (Å²) in [5.74, 6) is -0.258. The lowest BCUT2D eigenvalue weighted by Gasteiger charge is -2.36. The second kappa shape index (κ2) is 5.68. The predicted molar refractivity (Wildman–Crippen MR) is 74.1 cm³/mol. The summed E-state index contributed by atoms with van der Waals surface area (Å²) < 4.78 is 14.0. The molecule has 0 unspecified atom stereocenters. The van der Waals surface area contributed by atoms with E-state index >= 15 is 0 Å². The first-order valence-corrected chi connectivity index (χ1v) is 7.15. The van der Waals surface area contributed by atoms with E-state index < -0.39 is 5.60 Å². The van der Waals surface area contributed by atoms with Crippen LogP contribution in [0.25, 0.3) is 0 Å². The van der Waals surface area contributed by atoms with Crippen molar-refractivity contribution in [3.05, 3.63) is 34.1 Å². The molecule has 0 amide bonds. The Labute approximate surface area is 116 Å². The third-order valence-corrected chi connectivity index (χ3v) is 4.24. The average Bonchev–Trinajstić information content (AvgIpc) is 2.28. The molecular formula is C14H19BrFNO. The van der Waals surface area contributed by atoms with Gasteiger partial charge in [-0.3, -0.25) is 0 Å². The molecule has 1 saturated carbocycles. The highest BCUT2D eigenvalue weighted by Crippen LogP contribution is 2.32. The SMILES string of the molecule is CNC1CCC(O)(Cc2cc(F)cc(Br)c2)CC1. The van der Waals surface area contributed by atoms with E-state index in [1.54, 1.807) is 0 Å². The minimum Gasteiger partial charge on any atom is -0.390 e. The molecule has 0 saturated heterocycles. The first-order valence-electron chi connectivity index (χ1n) is 6.35. The van der Waals surface area contributed by atoms with Gasteiger partial charge in [0.15, 0.2) is 0 Å². The van der Waals surface area contributed by atoms with E-state index in [2.05, 4.69) is 21.2 Å². The van der Waals surface area contributed by atoms with Gasteiger partial charge in [0.25, 0.3) is 0 Å². The Morgan fingerprint density at radius 1 is 1.39 bits per heavy atom. The van der Waals surface area contributed by atoms with Crippen LogP contribution in [0.1, 0.15) is 31.2 Å². The second-order valence-electron chi connectivity index (χ2n) is 5.24. The number of rotatable bonds is 3. The van der Waals surface area contributed by atoms with Gasteiger partial charge >= 0.3 is 0 Å². The molecule has 0 heterocycles. The van der Waals surface area contributed by atoms with Crippen LogP contribution in [0.5, 0.6) is 0 Å². The summed E-state index contributed by atoms with van der Waals surface area (Å²) in [4.78, 5) is 0. The Bertz CT molecular complexity index is 396. The summed E-state index contributed by atoms with van der Waals surface area (Å²) in [7, 11) is 1.96. The van der Waals surface area contributed by atoms with Crippen LogP contribution in [0.4, 0.5) is 4.39 Å². The number of hydrogen-bond acceptors (Lipinski definition) is 2. The van der Waals surface area contributed by atoms with Gasteiger partial charge in [-0.25, -0.2) is 4.39 Å². The Hall–Kier alpha value is -0.450. The summed E-state index contributed by atoms with van der Waals surface area (Å²) in [5.41, 5.74) is 0.174. The molecule has 0 radical (unpaired) electrons. The third-order valence-electron chi connectivity index (χ3n) is 3.78. The molecule has 0 bridgehead atoms. The van der Waals surface area contributed by atoms with E-state index in [-0.39, 0.29) is 5.82 Å². The molecule has 4 heteroatoms. The summed E-state index contributed by atoms with van der Waals surface area (Å²) in [5, 5.41) is 13.8. The van der Waals surface area contributed by atoms with Crippen molar-refractivity contribution in [2.24, 2.45) is 0 Å². The van der Waals surface area contributed by atoms with Gasteiger partial charge in [0.1, 0.15) is 5.82 Å². The summed E-state index contributed by atoms with van der Waals surface area (Å²) >= 11 is 3.28. The highest BCUT2D eigenvalue weighted by Gasteiger charge is 2.32. The van der Waals surface area contributed by atoms with Gasteiger partial charge < -0.3 is 10.4 Å². The molecule has 1 aliphatic rings. The van der Waals surface area contributed by atoms with Gasteiger partial charge in [-0.1, -0.05) is 15.9 Å². The van der Waals surface area contributed by atoms with Crippen LogP contribution in [0, 0.1) is 5.82 Å². The molecule has 1 fully saturated rings. The quantitative estimate of drug-likeness (QED) is 0.898. The molecule has 100 valence electrons. The van der Waals surface area contributed by atoms with Crippen molar-refractivity contribution in [3.63, 3.8) is 0 Å². The van der Waals surface area contributed by atoms with Crippen molar-refractivity contribution in [2.75, 3.05) is 7.05 Å². The molecule has 1 aliphatic carbocycles. The normalized spacial score (nSPS) is 28.3. The fourth-order valence-corrected chi connectivity index (χ4v) is 3.23. The van der Waals surface area contributed by atoms with Crippen molar-refractivity contribution < 1.29 is 9.50 Å². The Morgan fingerprint density at radius 2 is 2.06 bits per heavy atom. The number of hydrogen-bond donors (Lipinski definition) is 2. The van der Waals surface area contributed by atoms with E-state index in [0.29, 0.717) is 12.5 Å². The van der Waals surface area contributed by atoms with Crippen molar-refractivity contribution in [1.29, 1.82) is 0 Å². The van der Waals surface area contributed by atoms with Crippen molar-refractivity contribution in [3.8, 4) is 0 Å². The van der Waals surface area contributed by atoms with E-state index in [0.717, 1.165) is 35.7 Å². The first-order chi connectivity index (χ1) is 8.50. The van der Waals surface area contributed by atoms with Crippen molar-refractivity contribution >= 4 is 15.9 Å². The summed E-state index contributed by atoms with van der Waals surface area (Å²) in [6.45, 7) is 0. The fourth-order valence-electron chi connectivity index (χ4n) is 2.71. The highest BCUT2D eigenvalue weighted by molar-refractivity contribution is 9.10. The molecule has 0 atom stereocenters. The van der Waals surface area contributed by atoms with Crippen LogP contribution in [0.15, 0.2) is 22.7 Å². The molecule has 0 aliphatic heterocycles. The Morgan fingerprint density at radius 3 is 2.61 bits per heavy atom. The van der Waals surface area contributed by atoms with Crippen LogP contribution in [-0.2, 0) is 6.42 Å². The smallest absolute Gasteiger partial charge is 0.124 e. The van der Waals surface area contributed by atoms with Gasteiger partial charge in [0.05, 0.1) is 5.60 Å². The highest BCUT2D eigenvalue weighted by atomic mass is 79.9. The number of halogens is 2. The molecule has 0 aromatic heterocycles. The molecular weight excluding hydrogens is 297 g/mol. The second-order valence-corrected chi connectivity index (χ2v) is 6.16. The van der Waals surface area contributed by atoms with Gasteiger partial charge in [-0.2, -0.15) is 0 Å². The van der Waals surface area contributed by atoms with Gasteiger partial charge in [0.2, 0.25) is 0 Å². The fraction of sp³-hybridized carbons (Fsp3) is 0.571. The molecule has 2 N–H and O–H groups in total. The molecule has 2 nitrogen and oxygen atoms in total. The van der Waals surface area contributed by atoms with Crippen LogP contribution in [0.2, 0.25) is 0 Å². The standard InChI is InChI=1S/C14H19BrFNO/c1-17-13-2-4-14(18,5-3-13)9-10-6-11(15)8-12(16)7-10/h6-8,13,17-18H,2-5,9H2,1H3. The number of nitrogens with one attached hydrogen (secondary N) is 1.